The maximum Gasteiger partial charge on any atom is 0.472 e. The zero-order chi connectivity index (χ0) is 18.9. The predicted octanol–water partition coefficient (Wildman–Crippen LogP) is 4.89. The minimum atomic E-state index is -6.53. The van der Waals surface area contributed by atoms with Gasteiger partial charge in [-0.1, -0.05) is 24.8 Å². The number of rotatable bonds is 7. The van der Waals surface area contributed by atoms with E-state index in [0.29, 0.717) is 12.8 Å². The van der Waals surface area contributed by atoms with Crippen molar-refractivity contribution in [3.8, 4) is 0 Å². The van der Waals surface area contributed by atoms with Crippen LogP contribution in [0.4, 0.5) is 39.5 Å². The van der Waals surface area contributed by atoms with E-state index in [9.17, 15) is 39.5 Å². The van der Waals surface area contributed by atoms with E-state index in [2.05, 4.69) is 6.58 Å². The maximum atomic E-state index is 14.3. The second kappa shape index (κ2) is 6.78. The molecule has 0 radical (unpaired) electrons. The minimum Gasteiger partial charge on any atom is -0.376 e. The Balaban J connectivity index is 5.79. The number of hydrogen-bond donors (Lipinski definition) is 0. The number of unbranched alkanes of at least 4 members (excludes halogenated alkanes) is 1. The topological polar surface area (TPSA) is 6.48 Å². The quantitative estimate of drug-likeness (QED) is 0.471. The molecule has 0 aliphatic carbocycles. The molecule has 0 aromatic rings. The zero-order valence-corrected chi connectivity index (χ0v) is 12.6. The fourth-order valence-corrected chi connectivity index (χ4v) is 1.73. The highest BCUT2D eigenvalue weighted by atomic mass is 19.4. The summed E-state index contributed by atoms with van der Waals surface area (Å²) >= 11 is 0. The Kier molecular flexibility index (Phi) is 6.44. The van der Waals surface area contributed by atoms with Gasteiger partial charge in [0.2, 0.25) is 5.67 Å². The summed E-state index contributed by atoms with van der Waals surface area (Å²) in [7, 11) is 1.05. The minimum absolute atomic E-state index is 0.0526. The highest BCUT2D eigenvalue weighted by molar-refractivity contribution is 5.16. The molecular weight excluding hydrogens is 343 g/mol. The van der Waals surface area contributed by atoms with Gasteiger partial charge in [-0.2, -0.15) is 35.1 Å². The summed E-state index contributed by atoms with van der Waals surface area (Å²) < 4.78 is 116. The largest absolute Gasteiger partial charge is 0.472 e. The van der Waals surface area contributed by atoms with E-state index < -0.39 is 34.9 Å². The van der Waals surface area contributed by atoms with Crippen molar-refractivity contribution in [1.29, 1.82) is 0 Å². The van der Waals surface area contributed by atoms with Crippen molar-refractivity contribution < 1.29 is 39.5 Å². The number of nitrogens with zero attached hydrogens (tertiary/aromatic N) is 2. The Hall–Kier alpha value is -1.13. The second-order valence-electron chi connectivity index (χ2n) is 5.04. The van der Waals surface area contributed by atoms with E-state index in [1.54, 1.807) is 6.92 Å². The van der Waals surface area contributed by atoms with Crippen molar-refractivity contribution in [1.82, 2.24) is 9.80 Å². The lowest BCUT2D eigenvalue weighted by molar-refractivity contribution is -0.454. The van der Waals surface area contributed by atoms with Gasteiger partial charge in [-0.05, 0) is 13.3 Å². The van der Waals surface area contributed by atoms with Crippen LogP contribution < -0.4 is 0 Å². The molecule has 0 aromatic carbocycles. The molecule has 0 saturated heterocycles. The van der Waals surface area contributed by atoms with Gasteiger partial charge in [0.25, 0.3) is 0 Å². The summed E-state index contributed by atoms with van der Waals surface area (Å²) in [4.78, 5) is -2.28. The molecule has 0 rings (SSSR count). The molecule has 0 N–H and O–H groups in total. The summed E-state index contributed by atoms with van der Waals surface area (Å²) in [6, 6.07) is -5.94. The van der Waals surface area contributed by atoms with Gasteiger partial charge in [0.05, 0.1) is 5.70 Å². The summed E-state index contributed by atoms with van der Waals surface area (Å²) in [6.07, 6.45) is -12.2. The molecule has 0 amide bonds. The molecule has 11 heteroatoms. The third-order valence-corrected chi connectivity index (χ3v) is 3.20. The maximum absolute atomic E-state index is 14.3. The molecule has 0 aromatic heterocycles. The van der Waals surface area contributed by atoms with Gasteiger partial charge in [-0.15, -0.1) is 0 Å². The van der Waals surface area contributed by atoms with Crippen molar-refractivity contribution in [3.63, 3.8) is 0 Å². The summed E-state index contributed by atoms with van der Waals surface area (Å²) in [5.74, 6) is 0. The molecule has 0 bridgehead atoms. The smallest absolute Gasteiger partial charge is 0.376 e. The van der Waals surface area contributed by atoms with Crippen molar-refractivity contribution >= 4 is 0 Å². The van der Waals surface area contributed by atoms with Crippen LogP contribution in [0.5, 0.6) is 0 Å². The molecule has 1 atom stereocenters. The first-order chi connectivity index (χ1) is 10.0. The van der Waals surface area contributed by atoms with Crippen LogP contribution in [0.15, 0.2) is 12.3 Å². The van der Waals surface area contributed by atoms with E-state index in [0.717, 1.165) is 11.9 Å². The van der Waals surface area contributed by atoms with E-state index in [-0.39, 0.29) is 13.5 Å². The van der Waals surface area contributed by atoms with Gasteiger partial charge >= 0.3 is 18.6 Å². The van der Waals surface area contributed by atoms with Crippen molar-refractivity contribution in [2.75, 3.05) is 13.6 Å². The Labute approximate surface area is 127 Å². The van der Waals surface area contributed by atoms with Crippen molar-refractivity contribution in [3.05, 3.63) is 12.3 Å². The predicted molar refractivity (Wildman–Crippen MR) is 65.1 cm³/mol. The lowest BCUT2D eigenvalue weighted by Crippen LogP contribution is -2.66. The van der Waals surface area contributed by atoms with Gasteiger partial charge < -0.3 is 4.90 Å². The van der Waals surface area contributed by atoms with Gasteiger partial charge in [0.15, 0.2) is 0 Å². The first-order valence-electron chi connectivity index (χ1n) is 6.42. The van der Waals surface area contributed by atoms with E-state index in [1.807, 2.05) is 0 Å². The normalized spacial score (nSPS) is 16.4. The monoisotopic (exact) mass is 360 g/mol. The molecule has 2 nitrogen and oxygen atoms in total. The number of alkyl halides is 9. The molecule has 0 heterocycles. The highest BCUT2D eigenvalue weighted by Gasteiger charge is 2.73. The third kappa shape index (κ3) is 4.67. The first-order valence-corrected chi connectivity index (χ1v) is 6.42. The van der Waals surface area contributed by atoms with Crippen LogP contribution in [0.25, 0.3) is 0 Å². The molecule has 0 fully saturated rings. The van der Waals surface area contributed by atoms with Crippen LogP contribution in [0.2, 0.25) is 0 Å². The van der Waals surface area contributed by atoms with E-state index >= 15 is 0 Å². The average molecular weight is 360 g/mol. The van der Waals surface area contributed by atoms with Gasteiger partial charge in [-0.3, -0.25) is 0 Å². The number of hydrogen-bond acceptors (Lipinski definition) is 2. The lowest BCUT2D eigenvalue weighted by Gasteiger charge is -2.42. The van der Waals surface area contributed by atoms with E-state index in [4.69, 9.17) is 0 Å². The summed E-state index contributed by atoms with van der Waals surface area (Å²) in [6.45, 7) is 4.49. The average Bonchev–Trinajstić information content (AvgIpc) is 2.30. The third-order valence-electron chi connectivity index (χ3n) is 3.20. The SMILES string of the molecule is C=C(N(C)CCCC)C(C)(F)C(F)(F)N(C(F)(F)F)C(F)(F)F. The van der Waals surface area contributed by atoms with Crippen LogP contribution >= 0.6 is 0 Å². The Bertz CT molecular complexity index is 398. The van der Waals surface area contributed by atoms with Gasteiger partial charge in [0.1, 0.15) is 0 Å². The molecule has 138 valence electrons. The molecule has 0 saturated carbocycles. The van der Waals surface area contributed by atoms with Crippen molar-refractivity contribution in [2.45, 2.75) is 51.0 Å². The Morgan fingerprint density at radius 1 is 0.913 bits per heavy atom. The molecule has 1 unspecified atom stereocenters. The standard InChI is InChI=1S/C12H17F9N2/c1-5-6-7-22(4)8(2)9(3,13)10(14,15)23(11(16,17)18)12(19,20)21/h2,5-7H2,1,3-4H3. The number of halogens is 9. The lowest BCUT2D eigenvalue weighted by atomic mass is 10.00. The van der Waals surface area contributed by atoms with Crippen LogP contribution in [0.3, 0.4) is 0 Å². The molecule has 23 heavy (non-hydrogen) atoms. The Morgan fingerprint density at radius 3 is 1.61 bits per heavy atom. The van der Waals surface area contributed by atoms with Crippen LogP contribution in [-0.4, -0.2) is 47.7 Å². The zero-order valence-electron chi connectivity index (χ0n) is 12.6. The second-order valence-corrected chi connectivity index (χ2v) is 5.04. The van der Waals surface area contributed by atoms with E-state index in [1.165, 1.54) is 0 Å². The molecule has 0 aliphatic rings. The highest BCUT2D eigenvalue weighted by Crippen LogP contribution is 2.49. The molecule has 0 aliphatic heterocycles. The first kappa shape index (κ1) is 21.9. The molecule has 0 spiro atoms. The van der Waals surface area contributed by atoms with Crippen LogP contribution in [0, 0.1) is 0 Å². The van der Waals surface area contributed by atoms with Crippen molar-refractivity contribution in [2.24, 2.45) is 0 Å². The Morgan fingerprint density at radius 2 is 1.30 bits per heavy atom. The molecular formula is C12H17F9N2. The fraction of sp³-hybridized carbons (Fsp3) is 0.833. The fourth-order valence-electron chi connectivity index (χ4n) is 1.73. The van der Waals surface area contributed by atoms with Crippen LogP contribution in [0.1, 0.15) is 26.7 Å². The summed E-state index contributed by atoms with van der Waals surface area (Å²) in [5, 5.41) is 0. The van der Waals surface area contributed by atoms with Gasteiger partial charge in [-0.25, -0.2) is 4.39 Å². The van der Waals surface area contributed by atoms with Crippen LogP contribution in [-0.2, 0) is 0 Å². The van der Waals surface area contributed by atoms with Gasteiger partial charge in [0, 0.05) is 13.6 Å². The summed E-state index contributed by atoms with van der Waals surface area (Å²) in [5.41, 5.74) is -5.49.